The fourth-order valence-electron chi connectivity index (χ4n) is 1.20. The molecule has 2 rings (SSSR count). The Hall–Kier alpha value is -2.17. The summed E-state index contributed by atoms with van der Waals surface area (Å²) in [6.07, 6.45) is 2.37. The number of hydrogen-bond acceptors (Lipinski definition) is 4. The SMILES string of the molecule is O=C(O)C=CNc1ccc2c(c1)OCO2. The Bertz CT molecular complexity index is 414. The van der Waals surface area contributed by atoms with E-state index in [2.05, 4.69) is 5.32 Å². The van der Waals surface area contributed by atoms with Crippen LogP contribution < -0.4 is 14.8 Å². The highest BCUT2D eigenvalue weighted by atomic mass is 16.7. The van der Waals surface area contributed by atoms with Gasteiger partial charge in [-0.05, 0) is 12.1 Å². The topological polar surface area (TPSA) is 67.8 Å². The van der Waals surface area contributed by atoms with E-state index >= 15 is 0 Å². The van der Waals surface area contributed by atoms with Gasteiger partial charge in [0.15, 0.2) is 11.5 Å². The predicted octanol–water partition coefficient (Wildman–Crippen LogP) is 1.43. The van der Waals surface area contributed by atoms with Crippen molar-refractivity contribution >= 4 is 11.7 Å². The Morgan fingerprint density at radius 2 is 2.20 bits per heavy atom. The second-order valence-electron chi connectivity index (χ2n) is 2.88. The number of aliphatic carboxylic acids is 1. The van der Waals surface area contributed by atoms with E-state index in [4.69, 9.17) is 14.6 Å². The number of hydrogen-bond donors (Lipinski definition) is 2. The van der Waals surface area contributed by atoms with E-state index in [1.807, 2.05) is 0 Å². The molecule has 0 fully saturated rings. The molecule has 0 aromatic heterocycles. The Labute approximate surface area is 85.9 Å². The predicted molar refractivity (Wildman–Crippen MR) is 53.0 cm³/mol. The zero-order valence-corrected chi connectivity index (χ0v) is 7.77. The Morgan fingerprint density at radius 1 is 1.40 bits per heavy atom. The van der Waals surface area contributed by atoms with Crippen molar-refractivity contribution in [3.05, 3.63) is 30.5 Å². The molecule has 15 heavy (non-hydrogen) atoms. The van der Waals surface area contributed by atoms with Crippen LogP contribution in [0.3, 0.4) is 0 Å². The highest BCUT2D eigenvalue weighted by Crippen LogP contribution is 2.34. The number of fused-ring (bicyclic) bond motifs is 1. The van der Waals surface area contributed by atoms with Crippen molar-refractivity contribution in [3.8, 4) is 11.5 Å². The molecular formula is C10H9NO4. The third-order valence-electron chi connectivity index (χ3n) is 1.85. The number of carboxylic acid groups (broad SMARTS) is 1. The molecule has 1 aliphatic rings. The molecule has 0 radical (unpaired) electrons. The number of benzene rings is 1. The van der Waals surface area contributed by atoms with Gasteiger partial charge >= 0.3 is 5.97 Å². The highest BCUT2D eigenvalue weighted by Gasteiger charge is 2.12. The van der Waals surface area contributed by atoms with E-state index in [1.165, 1.54) is 6.20 Å². The quantitative estimate of drug-likeness (QED) is 0.734. The van der Waals surface area contributed by atoms with E-state index in [0.717, 1.165) is 11.8 Å². The average Bonchev–Trinajstić information content (AvgIpc) is 2.64. The van der Waals surface area contributed by atoms with Crippen LogP contribution in [-0.2, 0) is 4.79 Å². The van der Waals surface area contributed by atoms with Gasteiger partial charge in [0.05, 0.1) is 0 Å². The lowest BCUT2D eigenvalue weighted by Gasteiger charge is -2.01. The molecule has 0 unspecified atom stereocenters. The molecule has 2 N–H and O–H groups in total. The third kappa shape index (κ3) is 2.19. The van der Waals surface area contributed by atoms with Crippen LogP contribution in [0.2, 0.25) is 0 Å². The average molecular weight is 207 g/mol. The standard InChI is InChI=1S/C10H9NO4/c12-10(13)3-4-11-7-1-2-8-9(5-7)15-6-14-8/h1-5,11H,6H2,(H,12,13). The van der Waals surface area contributed by atoms with Crippen LogP contribution in [-0.4, -0.2) is 17.9 Å². The van der Waals surface area contributed by atoms with Crippen LogP contribution in [0.5, 0.6) is 11.5 Å². The van der Waals surface area contributed by atoms with Crippen molar-refractivity contribution < 1.29 is 19.4 Å². The largest absolute Gasteiger partial charge is 0.478 e. The van der Waals surface area contributed by atoms with Gasteiger partial charge in [-0.2, -0.15) is 0 Å². The molecule has 1 heterocycles. The molecule has 0 aliphatic carbocycles. The summed E-state index contributed by atoms with van der Waals surface area (Å²) in [5.74, 6) is 0.356. The van der Waals surface area contributed by atoms with Gasteiger partial charge in [-0.3, -0.25) is 0 Å². The molecule has 0 bridgehead atoms. The van der Waals surface area contributed by atoms with Gasteiger partial charge in [0.1, 0.15) is 0 Å². The summed E-state index contributed by atoms with van der Waals surface area (Å²) in [5, 5.41) is 11.2. The minimum atomic E-state index is -0.997. The molecule has 1 aliphatic heterocycles. The number of carbonyl (C=O) groups is 1. The zero-order chi connectivity index (χ0) is 10.7. The fraction of sp³-hybridized carbons (Fsp3) is 0.100. The number of nitrogens with one attached hydrogen (secondary N) is 1. The summed E-state index contributed by atoms with van der Waals surface area (Å²) < 4.78 is 10.3. The van der Waals surface area contributed by atoms with Gasteiger partial charge in [0.25, 0.3) is 0 Å². The molecule has 0 saturated carbocycles. The van der Waals surface area contributed by atoms with Crippen molar-refractivity contribution in [1.82, 2.24) is 0 Å². The Morgan fingerprint density at radius 3 is 3.00 bits per heavy atom. The van der Waals surface area contributed by atoms with E-state index in [9.17, 15) is 4.79 Å². The minimum Gasteiger partial charge on any atom is -0.478 e. The minimum absolute atomic E-state index is 0.226. The summed E-state index contributed by atoms with van der Waals surface area (Å²) in [6, 6.07) is 5.29. The first-order chi connectivity index (χ1) is 7.25. The summed E-state index contributed by atoms with van der Waals surface area (Å²) in [5.41, 5.74) is 0.747. The summed E-state index contributed by atoms with van der Waals surface area (Å²) in [4.78, 5) is 10.2. The first kappa shape index (κ1) is 9.39. The first-order valence-electron chi connectivity index (χ1n) is 4.31. The maximum absolute atomic E-state index is 10.2. The molecule has 5 nitrogen and oxygen atoms in total. The van der Waals surface area contributed by atoms with Crippen LogP contribution in [0, 0.1) is 0 Å². The second-order valence-corrected chi connectivity index (χ2v) is 2.88. The van der Waals surface area contributed by atoms with Crippen LogP contribution in [0.15, 0.2) is 30.5 Å². The van der Waals surface area contributed by atoms with Crippen molar-refractivity contribution in [2.45, 2.75) is 0 Å². The Balaban J connectivity index is 2.07. The molecular weight excluding hydrogens is 198 g/mol. The molecule has 0 saturated heterocycles. The van der Waals surface area contributed by atoms with Gasteiger partial charge in [-0.1, -0.05) is 0 Å². The summed E-state index contributed by atoms with van der Waals surface area (Å²) >= 11 is 0. The molecule has 5 heteroatoms. The number of carboxylic acids is 1. The van der Waals surface area contributed by atoms with Crippen LogP contribution in [0.25, 0.3) is 0 Å². The molecule has 0 atom stereocenters. The smallest absolute Gasteiger partial charge is 0.329 e. The van der Waals surface area contributed by atoms with Crippen molar-refractivity contribution in [2.75, 3.05) is 12.1 Å². The van der Waals surface area contributed by atoms with Crippen LogP contribution >= 0.6 is 0 Å². The van der Waals surface area contributed by atoms with Crippen molar-refractivity contribution in [3.63, 3.8) is 0 Å². The summed E-state index contributed by atoms with van der Waals surface area (Å²) in [6.45, 7) is 0.226. The van der Waals surface area contributed by atoms with Crippen molar-refractivity contribution in [1.29, 1.82) is 0 Å². The molecule has 1 aromatic rings. The number of anilines is 1. The maximum Gasteiger partial charge on any atom is 0.329 e. The molecule has 1 aromatic carbocycles. The molecule has 0 amide bonds. The zero-order valence-electron chi connectivity index (χ0n) is 7.77. The highest BCUT2D eigenvalue weighted by molar-refractivity contribution is 5.80. The van der Waals surface area contributed by atoms with Crippen molar-refractivity contribution in [2.24, 2.45) is 0 Å². The van der Waals surface area contributed by atoms with Gasteiger partial charge in [0, 0.05) is 24.0 Å². The summed E-state index contributed by atoms with van der Waals surface area (Å²) in [7, 11) is 0. The van der Waals surface area contributed by atoms with E-state index in [1.54, 1.807) is 18.2 Å². The van der Waals surface area contributed by atoms with E-state index in [0.29, 0.717) is 11.5 Å². The van der Waals surface area contributed by atoms with E-state index in [-0.39, 0.29) is 6.79 Å². The maximum atomic E-state index is 10.2. The third-order valence-corrected chi connectivity index (χ3v) is 1.85. The van der Waals surface area contributed by atoms with Gasteiger partial charge in [-0.15, -0.1) is 0 Å². The number of rotatable bonds is 3. The normalized spacial score (nSPS) is 13.1. The number of ether oxygens (including phenoxy) is 2. The van der Waals surface area contributed by atoms with Crippen LogP contribution in [0.1, 0.15) is 0 Å². The molecule has 78 valence electrons. The second kappa shape index (κ2) is 3.91. The fourth-order valence-corrected chi connectivity index (χ4v) is 1.20. The lowest BCUT2D eigenvalue weighted by molar-refractivity contribution is -0.131. The monoisotopic (exact) mass is 207 g/mol. The Kier molecular flexibility index (Phi) is 2.45. The van der Waals surface area contributed by atoms with Gasteiger partial charge < -0.3 is 19.9 Å². The first-order valence-corrected chi connectivity index (χ1v) is 4.31. The van der Waals surface area contributed by atoms with Crippen LogP contribution in [0.4, 0.5) is 5.69 Å². The van der Waals surface area contributed by atoms with Gasteiger partial charge in [-0.25, -0.2) is 4.79 Å². The van der Waals surface area contributed by atoms with E-state index < -0.39 is 5.97 Å². The van der Waals surface area contributed by atoms with Gasteiger partial charge in [0.2, 0.25) is 6.79 Å². The lowest BCUT2D eigenvalue weighted by atomic mass is 10.3. The molecule has 0 spiro atoms. The lowest BCUT2D eigenvalue weighted by Crippen LogP contribution is -1.93.